The Kier molecular flexibility index (Phi) is 3.12. The zero-order valence-corrected chi connectivity index (χ0v) is 6.08. The lowest BCUT2D eigenvalue weighted by Gasteiger charge is -2.33. The quantitative estimate of drug-likeness (QED) is 0.467. The lowest BCUT2D eigenvalue weighted by atomic mass is 9.89. The molecule has 0 spiro atoms. The monoisotopic (exact) mass is 145 g/mol. The number of hydrogen-bond acceptors (Lipinski definition) is 3. The highest BCUT2D eigenvalue weighted by Crippen LogP contribution is 2.18. The number of hydrogen-bond donors (Lipinski definition) is 3. The predicted octanol–water partition coefficient (Wildman–Crippen LogP) is -0.518. The average molecular weight is 145 g/mol. The topological polar surface area (TPSA) is 52.5 Å². The molecule has 1 aliphatic carbocycles. The molecule has 0 aliphatic heterocycles. The first-order chi connectivity index (χ1) is 4.84. The van der Waals surface area contributed by atoms with Crippen molar-refractivity contribution in [1.82, 2.24) is 5.32 Å². The summed E-state index contributed by atoms with van der Waals surface area (Å²) >= 11 is 0. The van der Waals surface area contributed by atoms with E-state index in [2.05, 4.69) is 5.32 Å². The van der Waals surface area contributed by atoms with E-state index in [9.17, 15) is 0 Å². The lowest BCUT2D eigenvalue weighted by Crippen LogP contribution is -2.48. The van der Waals surface area contributed by atoms with E-state index in [1.54, 1.807) is 0 Å². The fourth-order valence-corrected chi connectivity index (χ4v) is 1.09. The van der Waals surface area contributed by atoms with Crippen molar-refractivity contribution in [1.29, 1.82) is 0 Å². The maximum atomic E-state index is 9.08. The van der Waals surface area contributed by atoms with E-state index in [0.717, 1.165) is 25.8 Å². The van der Waals surface area contributed by atoms with E-state index >= 15 is 0 Å². The van der Waals surface area contributed by atoms with Gasteiger partial charge in [0.1, 0.15) is 0 Å². The van der Waals surface area contributed by atoms with Crippen LogP contribution in [0.2, 0.25) is 0 Å². The molecule has 0 aromatic rings. The third kappa shape index (κ3) is 1.94. The molecule has 3 heteroatoms. The summed E-state index contributed by atoms with van der Waals surface area (Å²) < 4.78 is 0. The molecule has 0 unspecified atom stereocenters. The van der Waals surface area contributed by atoms with Crippen LogP contribution >= 0.6 is 0 Å². The standard InChI is InChI=1S/C7H15NO2/c9-5-1-4-8-6-2-3-7(6)10/h6-10H,1-5H2/t6-,7-/m1/s1. The van der Waals surface area contributed by atoms with E-state index in [1.165, 1.54) is 0 Å². The molecule has 3 N–H and O–H groups in total. The third-order valence-corrected chi connectivity index (χ3v) is 1.98. The molecule has 1 saturated carbocycles. The second kappa shape index (κ2) is 3.91. The number of aliphatic hydroxyl groups is 2. The summed E-state index contributed by atoms with van der Waals surface area (Å²) in [6.07, 6.45) is 2.64. The summed E-state index contributed by atoms with van der Waals surface area (Å²) in [5.74, 6) is 0. The smallest absolute Gasteiger partial charge is 0.0693 e. The van der Waals surface area contributed by atoms with E-state index in [0.29, 0.717) is 6.04 Å². The molecule has 0 heterocycles. The van der Waals surface area contributed by atoms with Crippen LogP contribution in [0.3, 0.4) is 0 Å². The van der Waals surface area contributed by atoms with E-state index in [4.69, 9.17) is 10.2 Å². The zero-order valence-electron chi connectivity index (χ0n) is 6.08. The van der Waals surface area contributed by atoms with Crippen LogP contribution in [0.4, 0.5) is 0 Å². The average Bonchev–Trinajstić information content (AvgIpc) is 1.95. The molecule has 2 atom stereocenters. The summed E-state index contributed by atoms with van der Waals surface area (Å²) in [7, 11) is 0. The van der Waals surface area contributed by atoms with Crippen molar-refractivity contribution < 1.29 is 10.2 Å². The van der Waals surface area contributed by atoms with E-state index in [-0.39, 0.29) is 12.7 Å². The van der Waals surface area contributed by atoms with Crippen LogP contribution in [0.5, 0.6) is 0 Å². The Hall–Kier alpha value is -0.120. The molecule has 0 amide bonds. The fourth-order valence-electron chi connectivity index (χ4n) is 1.09. The molecule has 1 fully saturated rings. The second-order valence-corrected chi connectivity index (χ2v) is 2.78. The second-order valence-electron chi connectivity index (χ2n) is 2.78. The van der Waals surface area contributed by atoms with Crippen LogP contribution in [0.25, 0.3) is 0 Å². The molecule has 0 saturated heterocycles. The molecule has 10 heavy (non-hydrogen) atoms. The minimum Gasteiger partial charge on any atom is -0.396 e. The minimum atomic E-state index is -0.140. The van der Waals surface area contributed by atoms with Crippen molar-refractivity contribution in [2.24, 2.45) is 0 Å². The molecule has 60 valence electrons. The van der Waals surface area contributed by atoms with Gasteiger partial charge in [-0.3, -0.25) is 0 Å². The summed E-state index contributed by atoms with van der Waals surface area (Å²) in [4.78, 5) is 0. The highest BCUT2D eigenvalue weighted by Gasteiger charge is 2.27. The molecular formula is C7H15NO2. The largest absolute Gasteiger partial charge is 0.396 e. The van der Waals surface area contributed by atoms with Crippen molar-refractivity contribution in [3.63, 3.8) is 0 Å². The number of aliphatic hydroxyl groups excluding tert-OH is 2. The van der Waals surface area contributed by atoms with Gasteiger partial charge in [0.25, 0.3) is 0 Å². The zero-order chi connectivity index (χ0) is 7.40. The van der Waals surface area contributed by atoms with Gasteiger partial charge in [-0.25, -0.2) is 0 Å². The first-order valence-corrected chi connectivity index (χ1v) is 3.87. The normalized spacial score (nSPS) is 31.8. The maximum absolute atomic E-state index is 9.08. The third-order valence-electron chi connectivity index (χ3n) is 1.98. The van der Waals surface area contributed by atoms with Gasteiger partial charge in [-0.05, 0) is 25.8 Å². The molecule has 0 bridgehead atoms. The van der Waals surface area contributed by atoms with Crippen LogP contribution in [0.15, 0.2) is 0 Å². The molecule has 0 aromatic heterocycles. The van der Waals surface area contributed by atoms with Crippen molar-refractivity contribution in [2.45, 2.75) is 31.4 Å². The van der Waals surface area contributed by atoms with Crippen molar-refractivity contribution >= 4 is 0 Å². The van der Waals surface area contributed by atoms with Gasteiger partial charge in [-0.1, -0.05) is 0 Å². The highest BCUT2D eigenvalue weighted by molar-refractivity contribution is 4.85. The Morgan fingerprint density at radius 3 is 2.60 bits per heavy atom. The number of nitrogens with one attached hydrogen (secondary N) is 1. The van der Waals surface area contributed by atoms with Gasteiger partial charge in [0.05, 0.1) is 6.10 Å². The summed E-state index contributed by atoms with van der Waals surface area (Å²) in [5, 5.41) is 20.7. The summed E-state index contributed by atoms with van der Waals surface area (Å²) in [5.41, 5.74) is 0. The highest BCUT2D eigenvalue weighted by atomic mass is 16.3. The van der Waals surface area contributed by atoms with Gasteiger partial charge < -0.3 is 15.5 Å². The lowest BCUT2D eigenvalue weighted by molar-refractivity contribution is 0.0495. The van der Waals surface area contributed by atoms with Gasteiger partial charge in [0, 0.05) is 12.6 Å². The Morgan fingerprint density at radius 2 is 2.20 bits per heavy atom. The molecule has 0 aromatic carbocycles. The molecule has 1 rings (SSSR count). The van der Waals surface area contributed by atoms with Gasteiger partial charge in [0.2, 0.25) is 0 Å². The molecular weight excluding hydrogens is 130 g/mol. The Bertz CT molecular complexity index is 97.6. The first-order valence-electron chi connectivity index (χ1n) is 3.87. The summed E-state index contributed by atoms with van der Waals surface area (Å²) in [6, 6.07) is 0.298. The van der Waals surface area contributed by atoms with Crippen molar-refractivity contribution in [3.8, 4) is 0 Å². The van der Waals surface area contributed by atoms with E-state index in [1.807, 2.05) is 0 Å². The van der Waals surface area contributed by atoms with Crippen LogP contribution in [0, 0.1) is 0 Å². The molecule has 3 nitrogen and oxygen atoms in total. The van der Waals surface area contributed by atoms with Crippen LogP contribution in [0.1, 0.15) is 19.3 Å². The Balaban J connectivity index is 1.92. The van der Waals surface area contributed by atoms with Gasteiger partial charge in [0.15, 0.2) is 0 Å². The Labute approximate surface area is 61.1 Å². The minimum absolute atomic E-state index is 0.140. The number of rotatable bonds is 4. The first kappa shape index (κ1) is 7.98. The van der Waals surface area contributed by atoms with Crippen molar-refractivity contribution in [3.05, 3.63) is 0 Å². The van der Waals surface area contributed by atoms with Gasteiger partial charge >= 0.3 is 0 Å². The van der Waals surface area contributed by atoms with E-state index < -0.39 is 0 Å². The maximum Gasteiger partial charge on any atom is 0.0693 e. The van der Waals surface area contributed by atoms with Crippen LogP contribution in [-0.4, -0.2) is 35.5 Å². The van der Waals surface area contributed by atoms with Crippen LogP contribution < -0.4 is 5.32 Å². The predicted molar refractivity (Wildman–Crippen MR) is 38.7 cm³/mol. The van der Waals surface area contributed by atoms with Gasteiger partial charge in [-0.15, -0.1) is 0 Å². The summed E-state index contributed by atoms with van der Waals surface area (Å²) in [6.45, 7) is 1.05. The molecule has 1 aliphatic rings. The Morgan fingerprint density at radius 1 is 1.40 bits per heavy atom. The van der Waals surface area contributed by atoms with Gasteiger partial charge in [-0.2, -0.15) is 0 Å². The fraction of sp³-hybridized carbons (Fsp3) is 1.00. The van der Waals surface area contributed by atoms with Crippen molar-refractivity contribution in [2.75, 3.05) is 13.2 Å². The molecule has 0 radical (unpaired) electrons. The SMILES string of the molecule is OCCCN[C@@H]1CC[C@H]1O. The van der Waals surface area contributed by atoms with Crippen LogP contribution in [-0.2, 0) is 0 Å².